The predicted molar refractivity (Wildman–Crippen MR) is 96.8 cm³/mol. The van der Waals surface area contributed by atoms with Gasteiger partial charge in [-0.25, -0.2) is 9.97 Å². The van der Waals surface area contributed by atoms with E-state index >= 15 is 0 Å². The Hall–Kier alpha value is -1.95. The van der Waals surface area contributed by atoms with E-state index in [1.165, 1.54) is 5.56 Å². The van der Waals surface area contributed by atoms with E-state index in [1.54, 1.807) is 13.4 Å². The smallest absolute Gasteiger partial charge is 0.271 e. The zero-order valence-corrected chi connectivity index (χ0v) is 15.8. The molecule has 0 spiro atoms. The molecule has 3 rings (SSSR count). The van der Waals surface area contributed by atoms with Gasteiger partial charge in [0.15, 0.2) is 11.3 Å². The Morgan fingerprint density at radius 1 is 1.28 bits per heavy atom. The van der Waals surface area contributed by atoms with Crippen molar-refractivity contribution < 1.29 is 9.53 Å². The van der Waals surface area contributed by atoms with Gasteiger partial charge < -0.3 is 10.5 Å². The lowest BCUT2D eigenvalue weighted by molar-refractivity contribution is 0.0444. The molecular formula is C19H28N4O2. The van der Waals surface area contributed by atoms with Gasteiger partial charge in [-0.3, -0.25) is 9.20 Å². The van der Waals surface area contributed by atoms with Gasteiger partial charge in [-0.1, -0.05) is 13.8 Å². The van der Waals surface area contributed by atoms with Crippen LogP contribution >= 0.6 is 0 Å². The van der Waals surface area contributed by atoms with E-state index in [-0.39, 0.29) is 11.1 Å². The highest BCUT2D eigenvalue weighted by molar-refractivity contribution is 5.96. The van der Waals surface area contributed by atoms with Crippen LogP contribution in [0.2, 0.25) is 0 Å². The Morgan fingerprint density at radius 2 is 1.92 bits per heavy atom. The second kappa shape index (κ2) is 6.41. The van der Waals surface area contributed by atoms with Gasteiger partial charge in [0.05, 0.1) is 6.10 Å². The number of hydrogen-bond donors (Lipinski definition) is 1. The first-order chi connectivity index (χ1) is 11.8. The summed E-state index contributed by atoms with van der Waals surface area (Å²) in [5.41, 5.74) is 9.48. The van der Waals surface area contributed by atoms with Gasteiger partial charge in [0, 0.05) is 18.5 Å². The fourth-order valence-electron chi connectivity index (χ4n) is 4.62. The third-order valence-corrected chi connectivity index (χ3v) is 6.01. The van der Waals surface area contributed by atoms with Crippen molar-refractivity contribution in [3.05, 3.63) is 29.0 Å². The molecule has 136 valence electrons. The summed E-state index contributed by atoms with van der Waals surface area (Å²) in [5, 5.41) is 0. The number of imidazole rings is 1. The Kier molecular flexibility index (Phi) is 4.58. The number of methoxy groups -OCH3 is 1. The van der Waals surface area contributed by atoms with Crippen molar-refractivity contribution >= 4 is 11.6 Å². The minimum absolute atomic E-state index is 0.00871. The van der Waals surface area contributed by atoms with Crippen LogP contribution in [-0.4, -0.2) is 33.5 Å². The first-order valence-electron chi connectivity index (χ1n) is 8.94. The first-order valence-corrected chi connectivity index (χ1v) is 8.94. The number of carbonyl (C=O) groups excluding carboxylic acids is 1. The van der Waals surface area contributed by atoms with Crippen molar-refractivity contribution in [3.63, 3.8) is 0 Å². The predicted octanol–water partition coefficient (Wildman–Crippen LogP) is 2.93. The van der Waals surface area contributed by atoms with E-state index in [4.69, 9.17) is 10.5 Å². The topological polar surface area (TPSA) is 82.5 Å². The molecule has 2 aromatic heterocycles. The SMILES string of the molecule is COC1CCC(C(C)(C)c2c(C)nc3c(C(N)=O)ncn3c2C)CC1. The van der Waals surface area contributed by atoms with E-state index in [9.17, 15) is 4.79 Å². The first kappa shape index (κ1) is 17.9. The molecule has 0 aromatic carbocycles. The summed E-state index contributed by atoms with van der Waals surface area (Å²) in [7, 11) is 1.80. The fraction of sp³-hybridized carbons (Fsp3) is 0.632. The van der Waals surface area contributed by atoms with Crippen LogP contribution in [0.4, 0.5) is 0 Å². The molecule has 0 atom stereocenters. The Morgan fingerprint density at radius 3 is 2.48 bits per heavy atom. The standard InChI is InChI=1S/C19H28N4O2/c1-11-15(19(3,4)13-6-8-14(25-5)9-7-13)12(2)23-10-21-16(17(20)24)18(23)22-11/h10,13-14H,6-9H2,1-5H3,(H2,20,24). The lowest BCUT2D eigenvalue weighted by Crippen LogP contribution is -2.35. The van der Waals surface area contributed by atoms with Crippen LogP contribution in [0.1, 0.15) is 67.0 Å². The molecule has 1 aliphatic carbocycles. The van der Waals surface area contributed by atoms with Crippen molar-refractivity contribution in [1.82, 2.24) is 14.4 Å². The highest BCUT2D eigenvalue weighted by Crippen LogP contribution is 2.43. The number of ether oxygens (including phenoxy) is 1. The number of carbonyl (C=O) groups is 1. The van der Waals surface area contributed by atoms with Crippen molar-refractivity contribution in [2.24, 2.45) is 11.7 Å². The van der Waals surface area contributed by atoms with E-state index in [0.29, 0.717) is 17.7 Å². The number of hydrogen-bond acceptors (Lipinski definition) is 4. The molecule has 6 heteroatoms. The molecule has 25 heavy (non-hydrogen) atoms. The molecule has 0 radical (unpaired) electrons. The van der Waals surface area contributed by atoms with Crippen molar-refractivity contribution in [3.8, 4) is 0 Å². The molecule has 2 aromatic rings. The van der Waals surface area contributed by atoms with Crippen LogP contribution in [0.5, 0.6) is 0 Å². The molecule has 0 unspecified atom stereocenters. The minimum atomic E-state index is -0.543. The molecule has 0 aliphatic heterocycles. The lowest BCUT2D eigenvalue weighted by Gasteiger charge is -2.40. The van der Waals surface area contributed by atoms with E-state index in [2.05, 4.69) is 30.7 Å². The van der Waals surface area contributed by atoms with E-state index in [1.807, 2.05) is 11.3 Å². The monoisotopic (exact) mass is 344 g/mol. The third kappa shape index (κ3) is 2.92. The highest BCUT2D eigenvalue weighted by atomic mass is 16.5. The molecule has 2 N–H and O–H groups in total. The number of rotatable bonds is 4. The minimum Gasteiger partial charge on any atom is -0.381 e. The van der Waals surface area contributed by atoms with Crippen LogP contribution in [0.3, 0.4) is 0 Å². The van der Waals surface area contributed by atoms with Gasteiger partial charge in [-0.05, 0) is 56.4 Å². The van der Waals surface area contributed by atoms with E-state index in [0.717, 1.165) is 37.1 Å². The lowest BCUT2D eigenvalue weighted by atomic mass is 9.66. The number of fused-ring (bicyclic) bond motifs is 1. The van der Waals surface area contributed by atoms with Crippen molar-refractivity contribution in [1.29, 1.82) is 0 Å². The number of primary amides is 1. The summed E-state index contributed by atoms with van der Waals surface area (Å²) in [6, 6.07) is 0. The molecule has 6 nitrogen and oxygen atoms in total. The molecule has 0 bridgehead atoms. The molecule has 1 aliphatic rings. The van der Waals surface area contributed by atoms with Crippen LogP contribution in [0, 0.1) is 19.8 Å². The van der Waals surface area contributed by atoms with Crippen molar-refractivity contribution in [2.45, 2.75) is 64.9 Å². The molecule has 2 heterocycles. The maximum atomic E-state index is 11.6. The number of amides is 1. The third-order valence-electron chi connectivity index (χ3n) is 6.01. The average Bonchev–Trinajstić information content (AvgIpc) is 2.99. The maximum Gasteiger partial charge on any atom is 0.271 e. The molecule has 1 amide bonds. The Balaban J connectivity index is 2.04. The van der Waals surface area contributed by atoms with Crippen LogP contribution in [0.25, 0.3) is 5.65 Å². The summed E-state index contributed by atoms with van der Waals surface area (Å²) >= 11 is 0. The van der Waals surface area contributed by atoms with Crippen LogP contribution in [-0.2, 0) is 10.2 Å². The summed E-state index contributed by atoms with van der Waals surface area (Å²) in [6.45, 7) is 8.70. The molecule has 1 saturated carbocycles. The molecular weight excluding hydrogens is 316 g/mol. The number of nitrogens with two attached hydrogens (primary N) is 1. The summed E-state index contributed by atoms with van der Waals surface area (Å²) in [6.07, 6.45) is 6.56. The normalized spacial score (nSPS) is 21.6. The largest absolute Gasteiger partial charge is 0.381 e. The summed E-state index contributed by atoms with van der Waals surface area (Å²) in [5.74, 6) is 0.0355. The number of nitrogens with zero attached hydrogens (tertiary/aromatic N) is 3. The zero-order chi connectivity index (χ0) is 18.4. The summed E-state index contributed by atoms with van der Waals surface area (Å²) in [4.78, 5) is 20.4. The number of aryl methyl sites for hydroxylation is 2. The summed E-state index contributed by atoms with van der Waals surface area (Å²) < 4.78 is 7.41. The average molecular weight is 344 g/mol. The maximum absolute atomic E-state index is 11.6. The molecule has 1 fully saturated rings. The fourth-order valence-corrected chi connectivity index (χ4v) is 4.62. The zero-order valence-electron chi connectivity index (χ0n) is 15.8. The number of aromatic nitrogens is 3. The van der Waals surface area contributed by atoms with Crippen LogP contribution in [0.15, 0.2) is 6.33 Å². The van der Waals surface area contributed by atoms with Gasteiger partial charge >= 0.3 is 0 Å². The van der Waals surface area contributed by atoms with Crippen molar-refractivity contribution in [2.75, 3.05) is 7.11 Å². The highest BCUT2D eigenvalue weighted by Gasteiger charge is 2.37. The van der Waals surface area contributed by atoms with E-state index < -0.39 is 5.91 Å². The quantitative estimate of drug-likeness (QED) is 0.924. The van der Waals surface area contributed by atoms with Gasteiger partial charge in [-0.15, -0.1) is 0 Å². The molecule has 0 saturated heterocycles. The van der Waals surface area contributed by atoms with Gasteiger partial charge in [0.25, 0.3) is 5.91 Å². The Labute approximate surface area is 148 Å². The van der Waals surface area contributed by atoms with Gasteiger partial charge in [0.1, 0.15) is 6.33 Å². The Bertz CT molecular complexity index is 801. The second-order valence-electron chi connectivity index (χ2n) is 7.74. The second-order valence-corrected chi connectivity index (χ2v) is 7.74. The van der Waals surface area contributed by atoms with Gasteiger partial charge in [0.2, 0.25) is 0 Å². The van der Waals surface area contributed by atoms with Crippen LogP contribution < -0.4 is 5.73 Å². The van der Waals surface area contributed by atoms with Gasteiger partial charge in [-0.2, -0.15) is 0 Å².